The standard InChI is InChI=1S/C33H36N2O3/c1-24-17-19-26(20-18-24)22-35(29(32(37)34-33(2,3)4)21-25-11-6-5-7-12-25)31(36)23-38-30-16-10-14-27-13-8-9-15-28(27)30/h5-20,29H,21-23H2,1-4H3,(H,34,37)/t29-/m1/s1. The van der Waals surface area contributed by atoms with E-state index in [4.69, 9.17) is 4.74 Å². The van der Waals surface area contributed by atoms with Gasteiger partial charge in [-0.25, -0.2) is 0 Å². The number of aryl methyl sites for hydroxylation is 1. The molecule has 2 amide bonds. The van der Waals surface area contributed by atoms with Gasteiger partial charge in [0.1, 0.15) is 11.8 Å². The Balaban J connectivity index is 1.65. The number of benzene rings is 4. The Morgan fingerprint density at radius 1 is 0.816 bits per heavy atom. The van der Waals surface area contributed by atoms with Gasteiger partial charge in [0.2, 0.25) is 5.91 Å². The quantitative estimate of drug-likeness (QED) is 0.298. The SMILES string of the molecule is Cc1ccc(CN(C(=O)COc2cccc3ccccc23)[C@H](Cc2ccccc2)C(=O)NC(C)(C)C)cc1. The Hall–Kier alpha value is -4.12. The second kappa shape index (κ2) is 12.0. The summed E-state index contributed by atoms with van der Waals surface area (Å²) in [6.45, 7) is 7.99. The molecule has 4 aromatic rings. The molecule has 4 aromatic carbocycles. The summed E-state index contributed by atoms with van der Waals surface area (Å²) in [7, 11) is 0. The summed E-state index contributed by atoms with van der Waals surface area (Å²) in [6, 6.07) is 30.9. The van der Waals surface area contributed by atoms with Crippen LogP contribution < -0.4 is 10.1 Å². The van der Waals surface area contributed by atoms with Crippen molar-refractivity contribution < 1.29 is 14.3 Å². The Kier molecular flexibility index (Phi) is 8.47. The fraction of sp³-hybridized carbons (Fsp3) is 0.273. The van der Waals surface area contributed by atoms with Crippen LogP contribution in [-0.2, 0) is 22.6 Å². The maximum absolute atomic E-state index is 13.8. The first kappa shape index (κ1) is 26.9. The first-order valence-corrected chi connectivity index (χ1v) is 13.0. The van der Waals surface area contributed by atoms with Crippen molar-refractivity contribution in [3.8, 4) is 5.75 Å². The number of hydrogen-bond acceptors (Lipinski definition) is 3. The number of carbonyl (C=O) groups is 2. The number of nitrogens with zero attached hydrogens (tertiary/aromatic N) is 1. The van der Waals surface area contributed by atoms with E-state index in [9.17, 15) is 9.59 Å². The second-order valence-electron chi connectivity index (χ2n) is 10.7. The Labute approximate surface area is 225 Å². The molecule has 0 bridgehead atoms. The van der Waals surface area contributed by atoms with Gasteiger partial charge in [0.05, 0.1) is 0 Å². The van der Waals surface area contributed by atoms with Crippen molar-refractivity contribution in [3.63, 3.8) is 0 Å². The van der Waals surface area contributed by atoms with Crippen molar-refractivity contribution >= 4 is 22.6 Å². The molecule has 0 aliphatic carbocycles. The Bertz CT molecular complexity index is 1370. The van der Waals surface area contributed by atoms with Gasteiger partial charge in [0.15, 0.2) is 6.61 Å². The van der Waals surface area contributed by atoms with Crippen LogP contribution in [0.1, 0.15) is 37.5 Å². The zero-order valence-electron chi connectivity index (χ0n) is 22.6. The first-order valence-electron chi connectivity index (χ1n) is 13.0. The van der Waals surface area contributed by atoms with E-state index in [0.717, 1.165) is 27.5 Å². The van der Waals surface area contributed by atoms with Gasteiger partial charge >= 0.3 is 0 Å². The van der Waals surface area contributed by atoms with Gasteiger partial charge in [-0.3, -0.25) is 9.59 Å². The van der Waals surface area contributed by atoms with Gasteiger partial charge in [-0.15, -0.1) is 0 Å². The number of hydrogen-bond donors (Lipinski definition) is 1. The summed E-state index contributed by atoms with van der Waals surface area (Å²) >= 11 is 0. The monoisotopic (exact) mass is 508 g/mol. The van der Waals surface area contributed by atoms with E-state index >= 15 is 0 Å². The average Bonchev–Trinajstić information content (AvgIpc) is 2.90. The zero-order chi connectivity index (χ0) is 27.1. The smallest absolute Gasteiger partial charge is 0.261 e. The van der Waals surface area contributed by atoms with E-state index in [0.29, 0.717) is 18.7 Å². The molecule has 4 rings (SSSR count). The number of amides is 2. The summed E-state index contributed by atoms with van der Waals surface area (Å²) in [5.74, 6) is 0.209. The third-order valence-corrected chi connectivity index (χ3v) is 6.34. The molecule has 0 spiro atoms. The largest absolute Gasteiger partial charge is 0.483 e. The molecule has 0 aliphatic heterocycles. The molecular formula is C33H36N2O3. The number of ether oxygens (including phenoxy) is 1. The lowest BCUT2D eigenvalue weighted by atomic mass is 10.0. The summed E-state index contributed by atoms with van der Waals surface area (Å²) in [6.07, 6.45) is 0.397. The van der Waals surface area contributed by atoms with Crippen LogP contribution in [0.25, 0.3) is 10.8 Å². The van der Waals surface area contributed by atoms with Crippen LogP contribution in [-0.4, -0.2) is 34.9 Å². The summed E-state index contributed by atoms with van der Waals surface area (Å²) in [5.41, 5.74) is 2.63. The van der Waals surface area contributed by atoms with Crippen molar-refractivity contribution in [2.45, 2.75) is 52.2 Å². The van der Waals surface area contributed by atoms with E-state index in [1.54, 1.807) is 4.90 Å². The third kappa shape index (κ3) is 7.22. The van der Waals surface area contributed by atoms with Crippen LogP contribution in [0.15, 0.2) is 97.1 Å². The highest BCUT2D eigenvalue weighted by atomic mass is 16.5. The van der Waals surface area contributed by atoms with E-state index in [1.807, 2.05) is 125 Å². The Morgan fingerprint density at radius 2 is 1.47 bits per heavy atom. The second-order valence-corrected chi connectivity index (χ2v) is 10.7. The van der Waals surface area contributed by atoms with Crippen LogP contribution in [0.5, 0.6) is 5.75 Å². The molecular weight excluding hydrogens is 472 g/mol. The minimum Gasteiger partial charge on any atom is -0.483 e. The highest BCUT2D eigenvalue weighted by Crippen LogP contribution is 2.25. The van der Waals surface area contributed by atoms with Gasteiger partial charge in [-0.2, -0.15) is 0 Å². The molecule has 0 saturated heterocycles. The molecule has 5 heteroatoms. The van der Waals surface area contributed by atoms with Gasteiger partial charge in [-0.1, -0.05) is 96.6 Å². The van der Waals surface area contributed by atoms with E-state index in [2.05, 4.69) is 5.32 Å². The third-order valence-electron chi connectivity index (χ3n) is 6.34. The minimum absolute atomic E-state index is 0.173. The predicted octanol–water partition coefficient (Wildman–Crippen LogP) is 6.08. The molecule has 0 aliphatic rings. The highest BCUT2D eigenvalue weighted by Gasteiger charge is 2.32. The molecule has 5 nitrogen and oxygen atoms in total. The molecule has 196 valence electrons. The van der Waals surface area contributed by atoms with E-state index < -0.39 is 11.6 Å². The van der Waals surface area contributed by atoms with Crippen LogP contribution in [0.2, 0.25) is 0 Å². The minimum atomic E-state index is -0.707. The lowest BCUT2D eigenvalue weighted by Gasteiger charge is -2.33. The number of nitrogens with one attached hydrogen (secondary N) is 1. The van der Waals surface area contributed by atoms with E-state index in [1.165, 1.54) is 0 Å². The van der Waals surface area contributed by atoms with Crippen molar-refractivity contribution in [1.82, 2.24) is 10.2 Å². The molecule has 0 fully saturated rings. The Morgan fingerprint density at radius 3 is 2.18 bits per heavy atom. The molecule has 38 heavy (non-hydrogen) atoms. The van der Waals surface area contributed by atoms with Crippen molar-refractivity contribution in [2.75, 3.05) is 6.61 Å². The maximum Gasteiger partial charge on any atom is 0.261 e. The number of fused-ring (bicyclic) bond motifs is 1. The fourth-order valence-electron chi connectivity index (χ4n) is 4.44. The molecule has 0 radical (unpaired) electrons. The zero-order valence-corrected chi connectivity index (χ0v) is 22.6. The summed E-state index contributed by atoms with van der Waals surface area (Å²) in [5, 5.41) is 5.08. The molecule has 0 saturated carbocycles. The van der Waals surface area contributed by atoms with Gasteiger partial charge < -0.3 is 15.0 Å². The number of rotatable bonds is 9. The predicted molar refractivity (Wildman–Crippen MR) is 153 cm³/mol. The lowest BCUT2D eigenvalue weighted by Crippen LogP contribution is -2.55. The molecule has 1 atom stereocenters. The topological polar surface area (TPSA) is 58.6 Å². The molecule has 0 unspecified atom stereocenters. The lowest BCUT2D eigenvalue weighted by molar-refractivity contribution is -0.143. The first-order chi connectivity index (χ1) is 18.2. The normalized spacial score (nSPS) is 12.1. The van der Waals surface area contributed by atoms with Gasteiger partial charge in [-0.05, 0) is 50.3 Å². The maximum atomic E-state index is 13.8. The van der Waals surface area contributed by atoms with Gasteiger partial charge in [0, 0.05) is 23.9 Å². The van der Waals surface area contributed by atoms with E-state index in [-0.39, 0.29) is 18.4 Å². The van der Waals surface area contributed by atoms with Crippen LogP contribution >= 0.6 is 0 Å². The fourth-order valence-corrected chi connectivity index (χ4v) is 4.44. The van der Waals surface area contributed by atoms with Gasteiger partial charge in [0.25, 0.3) is 5.91 Å². The van der Waals surface area contributed by atoms with Crippen LogP contribution in [0, 0.1) is 6.92 Å². The van der Waals surface area contributed by atoms with Crippen LogP contribution in [0.3, 0.4) is 0 Å². The van der Waals surface area contributed by atoms with Crippen molar-refractivity contribution in [1.29, 1.82) is 0 Å². The van der Waals surface area contributed by atoms with Crippen molar-refractivity contribution in [2.24, 2.45) is 0 Å². The van der Waals surface area contributed by atoms with Crippen LogP contribution in [0.4, 0.5) is 0 Å². The molecule has 0 heterocycles. The number of carbonyl (C=O) groups excluding carboxylic acids is 2. The van der Waals surface area contributed by atoms with Crippen molar-refractivity contribution in [3.05, 3.63) is 114 Å². The summed E-state index contributed by atoms with van der Waals surface area (Å²) < 4.78 is 6.08. The molecule has 1 N–H and O–H groups in total. The summed E-state index contributed by atoms with van der Waals surface area (Å²) in [4.78, 5) is 29.2. The molecule has 0 aromatic heterocycles. The average molecular weight is 509 g/mol. The highest BCUT2D eigenvalue weighted by molar-refractivity contribution is 5.90.